The number of hydrogen-bond acceptors (Lipinski definition) is 4. The van der Waals surface area contributed by atoms with Crippen molar-refractivity contribution < 1.29 is 14.0 Å². The lowest BCUT2D eigenvalue weighted by atomic mass is 10.0. The number of nitrogens with two attached hydrogens (primary N) is 1. The zero-order valence-corrected chi connectivity index (χ0v) is 13.5. The van der Waals surface area contributed by atoms with Gasteiger partial charge < -0.3 is 10.2 Å². The van der Waals surface area contributed by atoms with Crippen LogP contribution in [0.25, 0.3) is 11.1 Å². The Morgan fingerprint density at radius 1 is 1.33 bits per heavy atom. The van der Waals surface area contributed by atoms with Crippen LogP contribution in [0.15, 0.2) is 35.1 Å². The molecule has 0 radical (unpaired) electrons. The fourth-order valence-electron chi connectivity index (χ4n) is 1.60. The van der Waals surface area contributed by atoms with Gasteiger partial charge in [-0.05, 0) is 25.0 Å². The number of halogens is 1. The number of amides is 3. The van der Waals surface area contributed by atoms with Crippen LogP contribution in [0.2, 0.25) is 0 Å². The van der Waals surface area contributed by atoms with Crippen LogP contribution < -0.4 is 11.1 Å². The molecule has 2 rings (SSSR count). The van der Waals surface area contributed by atoms with Crippen LogP contribution >= 0.6 is 15.9 Å². The Bertz CT molecular complexity index is 578. The molecule has 1 aromatic heterocycles. The summed E-state index contributed by atoms with van der Waals surface area (Å²) in [5, 5.41) is 2.04. The van der Waals surface area contributed by atoms with Crippen molar-refractivity contribution in [2.45, 2.75) is 31.0 Å². The van der Waals surface area contributed by atoms with E-state index < -0.39 is 10.4 Å². The number of carbonyl (C=O) groups is 2. The molecule has 21 heavy (non-hydrogen) atoms. The van der Waals surface area contributed by atoms with Crippen LogP contribution in [-0.2, 0) is 4.79 Å². The normalized spacial score (nSPS) is 10.6. The number of nitrogens with zero attached hydrogens (tertiary/aromatic N) is 1. The maximum Gasteiger partial charge on any atom is 0.318 e. The minimum Gasteiger partial charge on any atom is -0.443 e. The van der Waals surface area contributed by atoms with Crippen LogP contribution in [0.3, 0.4) is 0 Å². The highest BCUT2D eigenvalue weighted by Gasteiger charge is 2.32. The van der Waals surface area contributed by atoms with Crippen molar-refractivity contribution >= 4 is 39.0 Å². The van der Waals surface area contributed by atoms with E-state index in [2.05, 4.69) is 20.9 Å². The SMILES string of the molecule is CCC(Br)(CC)C(=O)NC(N)=O.c1ccc2ocnc2c1. The topological polar surface area (TPSA) is 98.2 Å². The highest BCUT2D eigenvalue weighted by atomic mass is 79.9. The fourth-order valence-corrected chi connectivity index (χ4v) is 1.70. The summed E-state index contributed by atoms with van der Waals surface area (Å²) in [6.07, 6.45) is 2.68. The van der Waals surface area contributed by atoms with Gasteiger partial charge in [0, 0.05) is 0 Å². The molecule has 0 spiro atoms. The summed E-state index contributed by atoms with van der Waals surface area (Å²) >= 11 is 3.26. The lowest BCUT2D eigenvalue weighted by Crippen LogP contribution is -2.46. The van der Waals surface area contributed by atoms with Crippen molar-refractivity contribution in [3.05, 3.63) is 30.7 Å². The average Bonchev–Trinajstić information content (AvgIpc) is 2.94. The van der Waals surface area contributed by atoms with Gasteiger partial charge in [0.25, 0.3) is 0 Å². The van der Waals surface area contributed by atoms with E-state index in [1.54, 1.807) is 0 Å². The number of nitrogens with one attached hydrogen (secondary N) is 1. The van der Waals surface area contributed by atoms with E-state index in [9.17, 15) is 9.59 Å². The smallest absolute Gasteiger partial charge is 0.318 e. The molecule has 0 saturated heterocycles. The minimum atomic E-state index is -0.814. The van der Waals surface area contributed by atoms with Crippen molar-refractivity contribution in [2.24, 2.45) is 5.73 Å². The number of rotatable bonds is 3. The summed E-state index contributed by atoms with van der Waals surface area (Å²) in [6, 6.07) is 6.85. The Morgan fingerprint density at radius 2 is 1.95 bits per heavy atom. The molecule has 3 N–H and O–H groups in total. The second-order valence-corrected chi connectivity index (χ2v) is 5.83. The molecule has 1 aromatic carbocycles. The van der Waals surface area contributed by atoms with Crippen molar-refractivity contribution in [1.29, 1.82) is 0 Å². The lowest BCUT2D eigenvalue weighted by molar-refractivity contribution is -0.122. The summed E-state index contributed by atoms with van der Waals surface area (Å²) < 4.78 is 4.34. The van der Waals surface area contributed by atoms with Gasteiger partial charge >= 0.3 is 6.03 Å². The van der Waals surface area contributed by atoms with Gasteiger partial charge in [-0.2, -0.15) is 0 Å². The second-order valence-electron chi connectivity index (χ2n) is 4.31. The number of para-hydroxylation sites is 2. The highest BCUT2D eigenvalue weighted by molar-refractivity contribution is 9.10. The number of aromatic nitrogens is 1. The highest BCUT2D eigenvalue weighted by Crippen LogP contribution is 2.26. The van der Waals surface area contributed by atoms with Crippen LogP contribution in [0.5, 0.6) is 0 Å². The first-order valence-corrected chi connectivity index (χ1v) is 7.30. The van der Waals surface area contributed by atoms with E-state index in [0.29, 0.717) is 12.8 Å². The van der Waals surface area contributed by atoms with E-state index in [1.165, 1.54) is 6.39 Å². The van der Waals surface area contributed by atoms with Crippen molar-refractivity contribution in [2.75, 3.05) is 0 Å². The number of hydrogen-bond donors (Lipinski definition) is 2. The van der Waals surface area contributed by atoms with Crippen LogP contribution in [-0.4, -0.2) is 21.2 Å². The molecule has 1 heterocycles. The maximum atomic E-state index is 11.3. The zero-order chi connectivity index (χ0) is 15.9. The molecule has 2 aromatic rings. The fraction of sp³-hybridized carbons (Fsp3) is 0.357. The van der Waals surface area contributed by atoms with Gasteiger partial charge in [0.05, 0.1) is 0 Å². The standard InChI is InChI=1S/C7H13BrN2O2.C7H5NO/c1-3-7(8,4-2)5(11)10-6(9)12;1-2-4-7-6(3-1)8-5-9-7/h3-4H2,1-2H3,(H3,9,10,11,12);1-5H. The van der Waals surface area contributed by atoms with Gasteiger partial charge in [-0.1, -0.05) is 41.9 Å². The van der Waals surface area contributed by atoms with Crippen molar-refractivity contribution in [1.82, 2.24) is 10.3 Å². The lowest BCUT2D eigenvalue weighted by Gasteiger charge is -2.21. The predicted octanol–water partition coefficient (Wildman–Crippen LogP) is 2.96. The van der Waals surface area contributed by atoms with Crippen LogP contribution in [0, 0.1) is 0 Å². The predicted molar refractivity (Wildman–Crippen MR) is 84.0 cm³/mol. The molecule has 7 heteroatoms. The number of alkyl halides is 1. The molecule has 0 atom stereocenters. The number of benzene rings is 1. The molecule has 0 unspecified atom stereocenters. The molecule has 114 valence electrons. The zero-order valence-electron chi connectivity index (χ0n) is 11.9. The first kappa shape index (κ1) is 17.2. The number of oxazole rings is 1. The minimum absolute atomic E-state index is 0.375. The van der Waals surface area contributed by atoms with Crippen molar-refractivity contribution in [3.8, 4) is 0 Å². The third-order valence-electron chi connectivity index (χ3n) is 3.00. The monoisotopic (exact) mass is 355 g/mol. The van der Waals surface area contributed by atoms with Gasteiger partial charge in [-0.25, -0.2) is 9.78 Å². The Balaban J connectivity index is 0.000000216. The third-order valence-corrected chi connectivity index (χ3v) is 4.48. The van der Waals surface area contributed by atoms with Crippen LogP contribution in [0.4, 0.5) is 4.79 Å². The molecular weight excluding hydrogens is 338 g/mol. The first-order valence-electron chi connectivity index (χ1n) is 6.51. The van der Waals surface area contributed by atoms with Gasteiger partial charge in [-0.15, -0.1) is 0 Å². The number of primary amides is 1. The summed E-state index contributed by atoms with van der Waals surface area (Å²) in [4.78, 5) is 25.6. The van der Waals surface area contributed by atoms with Crippen molar-refractivity contribution in [3.63, 3.8) is 0 Å². The number of fused-ring (bicyclic) bond motifs is 1. The summed E-state index contributed by atoms with van der Waals surface area (Å²) in [5.41, 5.74) is 6.57. The first-order chi connectivity index (χ1) is 9.92. The number of urea groups is 1. The quantitative estimate of drug-likeness (QED) is 0.826. The summed E-state index contributed by atoms with van der Waals surface area (Å²) in [6.45, 7) is 3.72. The molecular formula is C14H18BrN3O3. The Hall–Kier alpha value is -1.89. The summed E-state index contributed by atoms with van der Waals surface area (Å²) in [5.74, 6) is -0.375. The van der Waals surface area contributed by atoms with E-state index in [1.807, 2.05) is 43.4 Å². The molecule has 3 amide bonds. The molecule has 0 fully saturated rings. The summed E-state index contributed by atoms with van der Waals surface area (Å²) in [7, 11) is 0. The van der Waals surface area contributed by atoms with E-state index in [-0.39, 0.29) is 5.91 Å². The largest absolute Gasteiger partial charge is 0.443 e. The maximum absolute atomic E-state index is 11.3. The number of carbonyl (C=O) groups excluding carboxylic acids is 2. The number of imide groups is 1. The van der Waals surface area contributed by atoms with Gasteiger partial charge in [0.1, 0.15) is 9.84 Å². The van der Waals surface area contributed by atoms with E-state index in [4.69, 9.17) is 10.2 Å². The average molecular weight is 356 g/mol. The molecule has 0 bridgehead atoms. The molecule has 6 nitrogen and oxygen atoms in total. The second kappa shape index (κ2) is 7.78. The Morgan fingerprint density at radius 3 is 2.48 bits per heavy atom. The molecule has 0 aliphatic heterocycles. The molecule has 0 aliphatic rings. The Kier molecular flexibility index (Phi) is 6.36. The molecule has 0 aliphatic carbocycles. The van der Waals surface area contributed by atoms with E-state index >= 15 is 0 Å². The van der Waals surface area contributed by atoms with E-state index in [0.717, 1.165) is 11.1 Å². The van der Waals surface area contributed by atoms with Gasteiger partial charge in [0.15, 0.2) is 12.0 Å². The van der Waals surface area contributed by atoms with Gasteiger partial charge in [0.2, 0.25) is 5.91 Å². The Labute approximate surface area is 131 Å². The van der Waals surface area contributed by atoms with Gasteiger partial charge in [-0.3, -0.25) is 10.1 Å². The van der Waals surface area contributed by atoms with Crippen LogP contribution in [0.1, 0.15) is 26.7 Å². The third kappa shape index (κ3) is 4.86. The molecule has 0 saturated carbocycles.